The maximum Gasteiger partial charge on any atom is 0.308 e. The van der Waals surface area contributed by atoms with Gasteiger partial charge in [0.25, 0.3) is 0 Å². The first-order valence-corrected chi connectivity index (χ1v) is 5.67. The zero-order valence-electron chi connectivity index (χ0n) is 9.92. The molecule has 0 unspecified atom stereocenters. The van der Waals surface area contributed by atoms with E-state index in [9.17, 15) is 4.79 Å². The predicted octanol–water partition coefficient (Wildman–Crippen LogP) is 2.66. The standard InChI is InChI=1S/C15H10NO2.Ir/c17-14-10-12-8-4-5-9-13(12)16-15(18-14)11-6-2-1-3-7-11;/h1-6,8-9H,10H2;/q-1;. The van der Waals surface area contributed by atoms with Gasteiger partial charge in [-0.3, -0.25) is 9.79 Å². The molecule has 1 heterocycles. The summed E-state index contributed by atoms with van der Waals surface area (Å²) in [4.78, 5) is 16.1. The molecule has 0 fully saturated rings. The van der Waals surface area contributed by atoms with Crippen LogP contribution < -0.4 is 0 Å². The normalized spacial score (nSPS) is 13.5. The Kier molecular flexibility index (Phi) is 4.25. The van der Waals surface area contributed by atoms with Gasteiger partial charge in [-0.25, -0.2) is 0 Å². The summed E-state index contributed by atoms with van der Waals surface area (Å²) in [6.07, 6.45) is 0.246. The fourth-order valence-electron chi connectivity index (χ4n) is 1.84. The summed E-state index contributed by atoms with van der Waals surface area (Å²) >= 11 is 0. The van der Waals surface area contributed by atoms with Gasteiger partial charge in [0.1, 0.15) is 5.90 Å². The van der Waals surface area contributed by atoms with E-state index in [0.29, 0.717) is 11.5 Å². The van der Waals surface area contributed by atoms with E-state index >= 15 is 0 Å². The Morgan fingerprint density at radius 2 is 1.89 bits per heavy atom. The molecule has 19 heavy (non-hydrogen) atoms. The van der Waals surface area contributed by atoms with Crippen molar-refractivity contribution in [1.82, 2.24) is 0 Å². The van der Waals surface area contributed by atoms with E-state index in [2.05, 4.69) is 11.1 Å². The van der Waals surface area contributed by atoms with Crippen molar-refractivity contribution in [2.75, 3.05) is 0 Å². The molecule has 1 aliphatic rings. The van der Waals surface area contributed by atoms with E-state index in [1.807, 2.05) is 42.5 Å². The van der Waals surface area contributed by atoms with Gasteiger partial charge in [0, 0.05) is 20.1 Å². The van der Waals surface area contributed by atoms with Crippen LogP contribution in [-0.2, 0) is 36.1 Å². The monoisotopic (exact) mass is 429 g/mol. The SMILES string of the molecule is O=C1Cc2ccccc2N=C(c2[c-]cccc2)O1.[Ir]. The zero-order chi connectivity index (χ0) is 12.4. The maximum atomic E-state index is 11.7. The van der Waals surface area contributed by atoms with E-state index in [1.165, 1.54) is 0 Å². The predicted molar refractivity (Wildman–Crippen MR) is 67.7 cm³/mol. The molecule has 0 aromatic heterocycles. The third-order valence-corrected chi connectivity index (χ3v) is 2.70. The molecule has 1 radical (unpaired) electrons. The van der Waals surface area contributed by atoms with Gasteiger partial charge in [0.05, 0.1) is 12.1 Å². The Labute approximate surface area is 124 Å². The Bertz CT molecular complexity index is 623. The second-order valence-electron chi connectivity index (χ2n) is 3.97. The number of cyclic esters (lactones) is 1. The van der Waals surface area contributed by atoms with Crippen molar-refractivity contribution >= 4 is 17.6 Å². The van der Waals surface area contributed by atoms with Crippen molar-refractivity contribution in [2.45, 2.75) is 6.42 Å². The molecule has 0 spiro atoms. The van der Waals surface area contributed by atoms with Gasteiger partial charge < -0.3 is 4.74 Å². The molecule has 97 valence electrons. The summed E-state index contributed by atoms with van der Waals surface area (Å²) in [6, 6.07) is 17.9. The topological polar surface area (TPSA) is 38.7 Å². The Hall–Kier alpha value is -1.77. The molecule has 4 heteroatoms. The number of nitrogens with zero attached hydrogens (tertiary/aromatic N) is 1. The third kappa shape index (κ3) is 2.98. The molecular formula is C15H10IrNO2-. The summed E-state index contributed by atoms with van der Waals surface area (Å²) in [6.45, 7) is 0. The molecule has 0 aliphatic carbocycles. The summed E-state index contributed by atoms with van der Waals surface area (Å²) in [5.74, 6) is 0.0153. The zero-order valence-corrected chi connectivity index (χ0v) is 12.3. The van der Waals surface area contributed by atoms with Gasteiger partial charge in [0.15, 0.2) is 0 Å². The summed E-state index contributed by atoms with van der Waals surface area (Å²) in [5.41, 5.74) is 2.34. The summed E-state index contributed by atoms with van der Waals surface area (Å²) < 4.78 is 5.26. The molecule has 3 rings (SSSR count). The second-order valence-corrected chi connectivity index (χ2v) is 3.97. The van der Waals surface area contributed by atoms with Gasteiger partial charge in [0.2, 0.25) is 0 Å². The van der Waals surface area contributed by atoms with Crippen LogP contribution in [-0.4, -0.2) is 11.9 Å². The van der Waals surface area contributed by atoms with Crippen molar-refractivity contribution < 1.29 is 29.6 Å². The van der Waals surface area contributed by atoms with E-state index < -0.39 is 0 Å². The molecule has 0 saturated heterocycles. The molecule has 0 N–H and O–H groups in total. The van der Waals surface area contributed by atoms with Crippen molar-refractivity contribution in [3.63, 3.8) is 0 Å². The molecule has 0 saturated carbocycles. The fraction of sp³-hybridized carbons (Fsp3) is 0.0667. The minimum absolute atomic E-state index is 0. The summed E-state index contributed by atoms with van der Waals surface area (Å²) in [7, 11) is 0. The average molecular weight is 428 g/mol. The molecule has 2 aromatic carbocycles. The van der Waals surface area contributed by atoms with Crippen LogP contribution in [0, 0.1) is 6.07 Å². The molecule has 3 nitrogen and oxygen atoms in total. The summed E-state index contributed by atoms with van der Waals surface area (Å²) in [5, 5.41) is 0. The molecule has 1 aliphatic heterocycles. The minimum atomic E-state index is -0.295. The van der Waals surface area contributed by atoms with Crippen LogP contribution >= 0.6 is 0 Å². The first kappa shape index (κ1) is 13.7. The van der Waals surface area contributed by atoms with Crippen molar-refractivity contribution in [3.8, 4) is 0 Å². The average Bonchev–Trinajstić information content (AvgIpc) is 2.57. The fourth-order valence-corrected chi connectivity index (χ4v) is 1.84. The first-order valence-electron chi connectivity index (χ1n) is 5.67. The molecule has 0 bridgehead atoms. The molecular weight excluding hydrogens is 418 g/mol. The molecule has 0 atom stereocenters. The third-order valence-electron chi connectivity index (χ3n) is 2.70. The van der Waals surface area contributed by atoms with Crippen LogP contribution in [0.5, 0.6) is 0 Å². The van der Waals surface area contributed by atoms with Crippen molar-refractivity contribution in [3.05, 3.63) is 65.7 Å². The maximum absolute atomic E-state index is 11.7. The first-order chi connectivity index (χ1) is 8.83. The van der Waals surface area contributed by atoms with E-state index in [0.717, 1.165) is 11.3 Å². The Morgan fingerprint density at radius 3 is 2.68 bits per heavy atom. The Morgan fingerprint density at radius 1 is 1.11 bits per heavy atom. The van der Waals surface area contributed by atoms with Gasteiger partial charge >= 0.3 is 5.97 Å². The van der Waals surface area contributed by atoms with Crippen LogP contribution in [0.15, 0.2) is 53.5 Å². The number of carbonyl (C=O) groups excluding carboxylic acids is 1. The number of para-hydroxylation sites is 1. The van der Waals surface area contributed by atoms with Crippen LogP contribution in [0.25, 0.3) is 0 Å². The number of fused-ring (bicyclic) bond motifs is 1. The van der Waals surface area contributed by atoms with Crippen molar-refractivity contribution in [1.29, 1.82) is 0 Å². The number of ether oxygens (including phenoxy) is 1. The van der Waals surface area contributed by atoms with Crippen molar-refractivity contribution in [2.24, 2.45) is 4.99 Å². The van der Waals surface area contributed by atoms with E-state index in [4.69, 9.17) is 4.74 Å². The Balaban J connectivity index is 0.00000133. The minimum Gasteiger partial charge on any atom is -0.455 e. The van der Waals surface area contributed by atoms with Gasteiger partial charge in [-0.2, -0.15) is 0 Å². The quantitative estimate of drug-likeness (QED) is 0.518. The number of esters is 1. The van der Waals surface area contributed by atoms with Gasteiger partial charge in [-0.05, 0) is 11.6 Å². The van der Waals surface area contributed by atoms with E-state index in [1.54, 1.807) is 6.07 Å². The molecule has 0 amide bonds. The van der Waals surface area contributed by atoms with Crippen LogP contribution in [0.4, 0.5) is 5.69 Å². The number of aliphatic imine (C=N–C) groups is 1. The number of hydrogen-bond donors (Lipinski definition) is 0. The van der Waals surface area contributed by atoms with Crippen LogP contribution in [0.1, 0.15) is 11.1 Å². The second kappa shape index (κ2) is 5.91. The number of rotatable bonds is 1. The van der Waals surface area contributed by atoms with Crippen LogP contribution in [0.2, 0.25) is 0 Å². The molecule has 2 aromatic rings. The van der Waals surface area contributed by atoms with Crippen LogP contribution in [0.3, 0.4) is 0 Å². The van der Waals surface area contributed by atoms with Gasteiger partial charge in [-0.15, -0.1) is 30.3 Å². The smallest absolute Gasteiger partial charge is 0.308 e. The van der Waals surface area contributed by atoms with E-state index in [-0.39, 0.29) is 32.5 Å². The number of benzene rings is 2. The van der Waals surface area contributed by atoms with Gasteiger partial charge in [-0.1, -0.05) is 23.8 Å². The number of hydrogen-bond acceptors (Lipinski definition) is 3. The number of carbonyl (C=O) groups is 1. The largest absolute Gasteiger partial charge is 0.455 e.